The van der Waals surface area contributed by atoms with Gasteiger partial charge in [0.05, 0.1) is 12.2 Å². The molecule has 0 aliphatic carbocycles. The summed E-state index contributed by atoms with van der Waals surface area (Å²) in [6, 6.07) is 19.8. The third-order valence-corrected chi connectivity index (χ3v) is 4.96. The lowest BCUT2D eigenvalue weighted by atomic mass is 10.1. The van der Waals surface area contributed by atoms with E-state index in [4.69, 9.17) is 4.52 Å². The van der Waals surface area contributed by atoms with E-state index in [2.05, 4.69) is 33.8 Å². The van der Waals surface area contributed by atoms with Gasteiger partial charge in [0, 0.05) is 23.9 Å². The van der Waals surface area contributed by atoms with E-state index in [1.807, 2.05) is 61.9 Å². The number of nitrogens with zero attached hydrogens (tertiary/aromatic N) is 3. The second-order valence-electron chi connectivity index (χ2n) is 7.53. The Kier molecular flexibility index (Phi) is 5.48. The Morgan fingerprint density at radius 2 is 1.77 bits per heavy atom. The number of rotatable bonds is 6. The standard InChI is InChI=1S/C24H24N4O2/c1-16-7-9-21(10-8-16)23-13-22(27-30-23)24(29)25-14-19-5-4-6-20(12-19)15-28-18(3)11-17(2)26-28/h4-13H,14-15H2,1-3H3,(H,25,29). The van der Waals surface area contributed by atoms with Crippen LogP contribution in [0.25, 0.3) is 11.3 Å². The zero-order valence-electron chi connectivity index (χ0n) is 17.3. The summed E-state index contributed by atoms with van der Waals surface area (Å²) in [6.45, 7) is 7.17. The zero-order valence-corrected chi connectivity index (χ0v) is 17.3. The molecule has 2 heterocycles. The van der Waals surface area contributed by atoms with Gasteiger partial charge < -0.3 is 9.84 Å². The van der Waals surface area contributed by atoms with Crippen molar-refractivity contribution in [2.75, 3.05) is 0 Å². The number of benzene rings is 2. The van der Waals surface area contributed by atoms with E-state index < -0.39 is 0 Å². The number of hydrogen-bond acceptors (Lipinski definition) is 4. The Hall–Kier alpha value is -3.67. The molecule has 1 amide bonds. The van der Waals surface area contributed by atoms with Crippen molar-refractivity contribution < 1.29 is 9.32 Å². The van der Waals surface area contributed by atoms with E-state index >= 15 is 0 Å². The molecule has 0 aliphatic heterocycles. The summed E-state index contributed by atoms with van der Waals surface area (Å²) in [5.74, 6) is 0.313. The van der Waals surface area contributed by atoms with E-state index in [9.17, 15) is 4.79 Å². The first-order valence-electron chi connectivity index (χ1n) is 9.89. The van der Waals surface area contributed by atoms with Gasteiger partial charge in [0.25, 0.3) is 5.91 Å². The molecule has 6 nitrogen and oxygen atoms in total. The smallest absolute Gasteiger partial charge is 0.273 e. The first kappa shape index (κ1) is 19.6. The highest BCUT2D eigenvalue weighted by Crippen LogP contribution is 2.20. The number of carbonyl (C=O) groups is 1. The van der Waals surface area contributed by atoms with Gasteiger partial charge in [-0.3, -0.25) is 9.48 Å². The van der Waals surface area contributed by atoms with Crippen molar-refractivity contribution >= 4 is 5.91 Å². The molecule has 6 heteroatoms. The summed E-state index contributed by atoms with van der Waals surface area (Å²) in [6.07, 6.45) is 0. The minimum absolute atomic E-state index is 0.263. The van der Waals surface area contributed by atoms with Gasteiger partial charge in [-0.2, -0.15) is 5.10 Å². The van der Waals surface area contributed by atoms with E-state index in [1.165, 1.54) is 0 Å². The molecule has 1 N–H and O–H groups in total. The maximum absolute atomic E-state index is 12.5. The largest absolute Gasteiger partial charge is 0.355 e. The molecule has 30 heavy (non-hydrogen) atoms. The molecule has 0 fully saturated rings. The summed E-state index contributed by atoms with van der Waals surface area (Å²) in [4.78, 5) is 12.5. The van der Waals surface area contributed by atoms with Gasteiger partial charge in [0.2, 0.25) is 0 Å². The van der Waals surface area contributed by atoms with Crippen LogP contribution in [0.1, 0.15) is 38.6 Å². The first-order valence-corrected chi connectivity index (χ1v) is 9.89. The van der Waals surface area contributed by atoms with E-state index in [-0.39, 0.29) is 11.6 Å². The molecule has 4 aromatic rings. The van der Waals surface area contributed by atoms with E-state index in [0.29, 0.717) is 18.8 Å². The first-order chi connectivity index (χ1) is 14.5. The van der Waals surface area contributed by atoms with Crippen molar-refractivity contribution in [3.63, 3.8) is 0 Å². The SMILES string of the molecule is Cc1ccc(-c2cc(C(=O)NCc3cccc(Cn4nc(C)cc4C)c3)no2)cc1. The fraction of sp³-hybridized carbons (Fsp3) is 0.208. The lowest BCUT2D eigenvalue weighted by Crippen LogP contribution is -2.23. The van der Waals surface area contributed by atoms with Crippen molar-refractivity contribution in [2.24, 2.45) is 0 Å². The average Bonchev–Trinajstić information content (AvgIpc) is 3.34. The summed E-state index contributed by atoms with van der Waals surface area (Å²) >= 11 is 0. The third-order valence-electron chi connectivity index (χ3n) is 4.96. The zero-order chi connectivity index (χ0) is 21.1. The summed E-state index contributed by atoms with van der Waals surface area (Å²) in [7, 11) is 0. The highest BCUT2D eigenvalue weighted by molar-refractivity contribution is 5.93. The molecule has 152 valence electrons. The van der Waals surface area contributed by atoms with Crippen molar-refractivity contribution in [3.05, 3.63) is 94.4 Å². The van der Waals surface area contributed by atoms with Gasteiger partial charge in [0.1, 0.15) is 0 Å². The number of aryl methyl sites for hydroxylation is 3. The van der Waals surface area contributed by atoms with Crippen LogP contribution in [0.2, 0.25) is 0 Å². The fourth-order valence-electron chi connectivity index (χ4n) is 3.35. The quantitative estimate of drug-likeness (QED) is 0.519. The lowest BCUT2D eigenvalue weighted by molar-refractivity contribution is 0.0942. The molecule has 0 spiro atoms. The number of hydrogen-bond donors (Lipinski definition) is 1. The molecule has 0 atom stereocenters. The fourth-order valence-corrected chi connectivity index (χ4v) is 3.35. The van der Waals surface area contributed by atoms with Crippen LogP contribution in [0.5, 0.6) is 0 Å². The van der Waals surface area contributed by atoms with Gasteiger partial charge in [-0.15, -0.1) is 0 Å². The van der Waals surface area contributed by atoms with Crippen molar-refractivity contribution in [2.45, 2.75) is 33.9 Å². The Labute approximate surface area is 175 Å². The normalized spacial score (nSPS) is 10.9. The topological polar surface area (TPSA) is 73.0 Å². The highest BCUT2D eigenvalue weighted by Gasteiger charge is 2.13. The monoisotopic (exact) mass is 400 g/mol. The molecule has 0 aliphatic rings. The third kappa shape index (κ3) is 4.49. The Morgan fingerprint density at radius 1 is 1.00 bits per heavy atom. The maximum Gasteiger partial charge on any atom is 0.273 e. The van der Waals surface area contributed by atoms with Gasteiger partial charge in [0.15, 0.2) is 11.5 Å². The van der Waals surface area contributed by atoms with Crippen molar-refractivity contribution in [3.8, 4) is 11.3 Å². The van der Waals surface area contributed by atoms with Crippen molar-refractivity contribution in [1.29, 1.82) is 0 Å². The van der Waals surface area contributed by atoms with Crippen LogP contribution in [0, 0.1) is 20.8 Å². The minimum atomic E-state index is -0.263. The lowest BCUT2D eigenvalue weighted by Gasteiger charge is -2.08. The molecule has 2 aromatic heterocycles. The molecule has 4 rings (SSSR count). The Balaban J connectivity index is 1.39. The van der Waals surface area contributed by atoms with Gasteiger partial charge in [-0.25, -0.2) is 0 Å². The van der Waals surface area contributed by atoms with Crippen LogP contribution in [0.4, 0.5) is 0 Å². The average molecular weight is 400 g/mol. The second-order valence-corrected chi connectivity index (χ2v) is 7.53. The molecule has 0 saturated carbocycles. The molecule has 0 radical (unpaired) electrons. The summed E-state index contributed by atoms with van der Waals surface area (Å²) in [5, 5.41) is 11.3. The highest BCUT2D eigenvalue weighted by atomic mass is 16.5. The number of nitrogens with one attached hydrogen (secondary N) is 1. The Bertz CT molecular complexity index is 1170. The van der Waals surface area contributed by atoms with Crippen LogP contribution in [-0.2, 0) is 13.1 Å². The van der Waals surface area contributed by atoms with Crippen LogP contribution >= 0.6 is 0 Å². The molecule has 2 aromatic carbocycles. The molecule has 0 unspecified atom stereocenters. The van der Waals surface area contributed by atoms with Crippen LogP contribution in [0.15, 0.2) is 65.2 Å². The van der Waals surface area contributed by atoms with Crippen molar-refractivity contribution in [1.82, 2.24) is 20.3 Å². The number of carbonyl (C=O) groups excluding carboxylic acids is 1. The van der Waals surface area contributed by atoms with Crippen LogP contribution < -0.4 is 5.32 Å². The van der Waals surface area contributed by atoms with E-state index in [1.54, 1.807) is 6.07 Å². The predicted molar refractivity (Wildman–Crippen MR) is 115 cm³/mol. The van der Waals surface area contributed by atoms with Crippen LogP contribution in [0.3, 0.4) is 0 Å². The van der Waals surface area contributed by atoms with Crippen LogP contribution in [-0.4, -0.2) is 20.8 Å². The maximum atomic E-state index is 12.5. The molecular formula is C24H24N4O2. The number of amides is 1. The Morgan fingerprint density at radius 3 is 2.50 bits per heavy atom. The molecular weight excluding hydrogens is 376 g/mol. The van der Waals surface area contributed by atoms with Gasteiger partial charge in [-0.1, -0.05) is 59.3 Å². The summed E-state index contributed by atoms with van der Waals surface area (Å²) < 4.78 is 7.32. The molecule has 0 bridgehead atoms. The summed E-state index contributed by atoms with van der Waals surface area (Å²) in [5.41, 5.74) is 6.61. The predicted octanol–water partition coefficient (Wildman–Crippen LogP) is 4.44. The van der Waals surface area contributed by atoms with Gasteiger partial charge >= 0.3 is 0 Å². The molecule has 0 saturated heterocycles. The second kappa shape index (κ2) is 8.37. The van der Waals surface area contributed by atoms with E-state index in [0.717, 1.165) is 33.6 Å². The number of aromatic nitrogens is 3. The minimum Gasteiger partial charge on any atom is -0.355 e. The van der Waals surface area contributed by atoms with Gasteiger partial charge in [-0.05, 0) is 38.0 Å².